The number of halogens is 1. The molecule has 9 nitrogen and oxygen atoms in total. The Morgan fingerprint density at radius 1 is 1.07 bits per heavy atom. The molecule has 3 aromatic rings. The number of ether oxygens (including phenoxy) is 1. The minimum absolute atomic E-state index is 0.00538. The zero-order valence-corrected chi connectivity index (χ0v) is 25.9. The third-order valence-electron chi connectivity index (χ3n) is 7.14. The maximum atomic E-state index is 14.1. The zero-order valence-electron chi connectivity index (χ0n) is 23.5. The molecule has 0 spiro atoms. The zero-order chi connectivity index (χ0) is 31.4. The maximum absolute atomic E-state index is 14.1. The summed E-state index contributed by atoms with van der Waals surface area (Å²) in [7, 11) is -2.29. The van der Waals surface area contributed by atoms with Gasteiger partial charge < -0.3 is 20.1 Å². The lowest BCUT2D eigenvalue weighted by Gasteiger charge is -2.58. The average molecular weight is 643 g/mol. The lowest BCUT2D eigenvalue weighted by molar-refractivity contribution is -0.167. The van der Waals surface area contributed by atoms with E-state index >= 15 is 0 Å². The van der Waals surface area contributed by atoms with Gasteiger partial charge in [0.05, 0.1) is 18.4 Å². The van der Waals surface area contributed by atoms with Crippen molar-refractivity contribution in [1.29, 1.82) is 0 Å². The van der Waals surface area contributed by atoms with E-state index < -0.39 is 43.6 Å². The van der Waals surface area contributed by atoms with Gasteiger partial charge in [-0.3, -0.25) is 9.59 Å². The Morgan fingerprint density at radius 3 is 2.28 bits per heavy atom. The number of β-lactam (4-membered cyclic amide) rings is 1. The number of carboxylic acid groups (broad SMARTS) is 1. The van der Waals surface area contributed by atoms with Crippen molar-refractivity contribution in [2.75, 3.05) is 13.0 Å². The van der Waals surface area contributed by atoms with Crippen LogP contribution in [0.15, 0.2) is 95.9 Å². The van der Waals surface area contributed by atoms with Crippen molar-refractivity contribution in [2.24, 2.45) is 0 Å². The van der Waals surface area contributed by atoms with Gasteiger partial charge in [-0.2, -0.15) is 0 Å². The molecule has 43 heavy (non-hydrogen) atoms. The van der Waals surface area contributed by atoms with Crippen molar-refractivity contribution in [2.45, 2.75) is 41.6 Å². The Hall–Kier alpha value is -3.80. The minimum atomic E-state index is -4.23. The molecule has 0 saturated carbocycles. The number of carbonyl (C=O) groups excluding carboxylic acids is 2. The highest BCUT2D eigenvalue weighted by Gasteiger charge is 2.66. The lowest BCUT2D eigenvalue weighted by Crippen LogP contribution is -2.81. The highest BCUT2D eigenvalue weighted by atomic mass is 35.5. The first kappa shape index (κ1) is 32.1. The molecule has 226 valence electrons. The van der Waals surface area contributed by atoms with Gasteiger partial charge in [0.25, 0.3) is 5.91 Å². The van der Waals surface area contributed by atoms with E-state index in [2.05, 4.69) is 11.9 Å². The highest BCUT2D eigenvalue weighted by Crippen LogP contribution is 2.51. The second kappa shape index (κ2) is 13.2. The molecular formula is C31H31ClN2O7S2. The number of methoxy groups -OCH3 is 1. The van der Waals surface area contributed by atoms with E-state index in [9.17, 15) is 27.9 Å². The van der Waals surface area contributed by atoms with Crippen molar-refractivity contribution in [1.82, 2.24) is 10.2 Å². The summed E-state index contributed by atoms with van der Waals surface area (Å²) >= 11 is 6.00. The Morgan fingerprint density at radius 2 is 1.70 bits per heavy atom. The van der Waals surface area contributed by atoms with Gasteiger partial charge in [0.1, 0.15) is 16.7 Å². The van der Waals surface area contributed by atoms with Crippen LogP contribution in [0.2, 0.25) is 0 Å². The van der Waals surface area contributed by atoms with Crippen LogP contribution in [-0.2, 0) is 36.1 Å². The molecule has 0 aliphatic carbocycles. The Balaban J connectivity index is 1.87. The number of rotatable bonds is 13. The van der Waals surface area contributed by atoms with Crippen molar-refractivity contribution >= 4 is 49.0 Å². The molecule has 3 atom stereocenters. The average Bonchev–Trinajstić information content (AvgIpc) is 2.98. The van der Waals surface area contributed by atoms with Crippen molar-refractivity contribution in [3.8, 4) is 5.75 Å². The molecule has 3 aromatic carbocycles. The van der Waals surface area contributed by atoms with Crippen LogP contribution < -0.4 is 10.1 Å². The van der Waals surface area contributed by atoms with E-state index in [4.69, 9.17) is 16.3 Å². The monoisotopic (exact) mass is 642 g/mol. The number of likely N-dealkylation sites (tertiary alicyclic amines) is 1. The second-order valence-electron chi connectivity index (χ2n) is 10.1. The van der Waals surface area contributed by atoms with Crippen LogP contribution in [-0.4, -0.2) is 66.2 Å². The number of hydrogen-bond donors (Lipinski definition) is 2. The van der Waals surface area contributed by atoms with E-state index in [0.717, 1.165) is 4.90 Å². The van der Waals surface area contributed by atoms with Crippen molar-refractivity contribution in [3.05, 3.63) is 108 Å². The molecule has 12 heteroatoms. The van der Waals surface area contributed by atoms with Crippen LogP contribution in [0.25, 0.3) is 0 Å². The summed E-state index contributed by atoms with van der Waals surface area (Å²) in [6, 6.07) is 18.9. The van der Waals surface area contributed by atoms with E-state index in [1.54, 1.807) is 79.7 Å². The molecule has 1 fully saturated rings. The third-order valence-corrected chi connectivity index (χ3v) is 11.6. The third kappa shape index (κ3) is 6.74. The first-order valence-electron chi connectivity index (χ1n) is 13.2. The molecule has 2 amide bonds. The summed E-state index contributed by atoms with van der Waals surface area (Å²) in [6.07, 6.45) is -0.205. The van der Waals surface area contributed by atoms with E-state index in [0.29, 0.717) is 33.2 Å². The van der Waals surface area contributed by atoms with Gasteiger partial charge in [-0.25, -0.2) is 13.2 Å². The molecule has 1 heterocycles. The van der Waals surface area contributed by atoms with E-state index in [-0.39, 0.29) is 29.2 Å². The lowest BCUT2D eigenvalue weighted by atomic mass is 9.84. The smallest absolute Gasteiger partial charge is 0.330 e. The number of hydrogen-bond acceptors (Lipinski definition) is 7. The van der Waals surface area contributed by atoms with Gasteiger partial charge in [-0.15, -0.1) is 11.6 Å². The number of aliphatic carboxylic acids is 1. The summed E-state index contributed by atoms with van der Waals surface area (Å²) in [5.41, 5.74) is 1.72. The fourth-order valence-corrected chi connectivity index (χ4v) is 9.82. The summed E-state index contributed by atoms with van der Waals surface area (Å²) < 4.78 is 33.4. The van der Waals surface area contributed by atoms with Gasteiger partial charge in [-0.1, -0.05) is 67.2 Å². The van der Waals surface area contributed by atoms with Crippen LogP contribution in [0, 0.1) is 6.92 Å². The number of aryl methyl sites for hydroxylation is 1. The molecule has 1 aliphatic heterocycles. The second-order valence-corrected chi connectivity index (χ2v) is 14.4. The fourth-order valence-electron chi connectivity index (χ4n) is 5.06. The van der Waals surface area contributed by atoms with E-state index in [1.807, 2.05) is 0 Å². The molecule has 1 aliphatic rings. The Labute approximate surface area is 259 Å². The number of carboxylic acids is 1. The fraction of sp³-hybridized carbons (Fsp3) is 0.258. The number of nitrogens with zero attached hydrogens (tertiary/aromatic N) is 1. The van der Waals surface area contributed by atoms with Crippen LogP contribution in [0.5, 0.6) is 5.75 Å². The number of carbonyl (C=O) groups is 3. The van der Waals surface area contributed by atoms with Crippen LogP contribution in [0.3, 0.4) is 0 Å². The minimum Gasteiger partial charge on any atom is -0.497 e. The summed E-state index contributed by atoms with van der Waals surface area (Å²) in [5, 5.41) is 13.0. The molecule has 0 bridgehead atoms. The van der Waals surface area contributed by atoms with Gasteiger partial charge in [0.2, 0.25) is 14.8 Å². The topological polar surface area (TPSA) is 130 Å². The summed E-state index contributed by atoms with van der Waals surface area (Å²) in [5.74, 6) is -2.46. The van der Waals surface area contributed by atoms with Gasteiger partial charge in [0.15, 0.2) is 6.04 Å². The summed E-state index contributed by atoms with van der Waals surface area (Å²) in [6.45, 7) is 5.41. The quantitative estimate of drug-likeness (QED) is 0.123. The van der Waals surface area contributed by atoms with Crippen molar-refractivity contribution in [3.63, 3.8) is 0 Å². The van der Waals surface area contributed by atoms with Gasteiger partial charge in [-0.05, 0) is 47.4 Å². The van der Waals surface area contributed by atoms with Gasteiger partial charge in [0, 0.05) is 23.1 Å². The van der Waals surface area contributed by atoms with Crippen LogP contribution >= 0.6 is 22.4 Å². The molecule has 1 saturated heterocycles. The Kier molecular flexibility index (Phi) is 9.89. The first-order valence-corrected chi connectivity index (χ1v) is 16.6. The molecule has 3 unspecified atom stereocenters. The van der Waals surface area contributed by atoms with E-state index in [1.165, 1.54) is 13.2 Å². The predicted octanol–water partition coefficient (Wildman–Crippen LogP) is 4.18. The maximum Gasteiger partial charge on any atom is 0.330 e. The molecular weight excluding hydrogens is 612 g/mol. The molecule has 0 aromatic heterocycles. The number of nitrogens with one attached hydrogen (secondary N) is 1. The standard InChI is InChI=1S/C31H31ClN2O7S2/c1-20-9-7-8-12-25(20)43(39,40)42-31(18-23-13-15-24(41-3)16-14-23)28(33-26(35)17-22-10-5-4-6-11-22)29(36)34(31)27(30(37)38)21(2)19-32/h4-16,27-28H,2,17-19H2,1,3H3,(H,33,35)(H,37,38). The Bertz CT molecular complexity index is 1630. The van der Waals surface area contributed by atoms with Crippen LogP contribution in [0.1, 0.15) is 16.7 Å². The largest absolute Gasteiger partial charge is 0.497 e. The highest BCUT2D eigenvalue weighted by molar-refractivity contribution is 8.72. The normalized spacial score (nSPS) is 18.8. The molecule has 4 rings (SSSR count). The van der Waals surface area contributed by atoms with Crippen LogP contribution in [0.4, 0.5) is 0 Å². The number of amides is 2. The SMILES string of the molecule is C=C(CCl)C(C(=O)O)N1C(=O)C(NC(=O)Cc2ccccc2)C1(Cc1ccc(OC)cc1)SS(=O)(=O)c1ccccc1C. The first-order chi connectivity index (χ1) is 20.4. The summed E-state index contributed by atoms with van der Waals surface area (Å²) in [4.78, 5) is 38.9. The molecule has 2 N–H and O–H groups in total. The van der Waals surface area contributed by atoms with Crippen molar-refractivity contribution < 1.29 is 32.6 Å². The molecule has 0 radical (unpaired) electrons. The number of benzene rings is 3. The van der Waals surface area contributed by atoms with Gasteiger partial charge >= 0.3 is 5.97 Å². The predicted molar refractivity (Wildman–Crippen MR) is 166 cm³/mol. The number of alkyl halides is 1.